The van der Waals surface area contributed by atoms with Gasteiger partial charge in [0.25, 0.3) is 0 Å². The number of fused-ring (bicyclic) bond motifs is 1. The highest BCUT2D eigenvalue weighted by molar-refractivity contribution is 7.99. The Morgan fingerprint density at radius 1 is 1.06 bits per heavy atom. The molecule has 1 aliphatic heterocycles. The summed E-state index contributed by atoms with van der Waals surface area (Å²) in [5.74, 6) is 2.39. The molecule has 2 heterocycles. The van der Waals surface area contributed by atoms with Gasteiger partial charge >= 0.3 is 0 Å². The number of aryl methyl sites for hydroxylation is 2. The second-order valence-corrected chi connectivity index (χ2v) is 9.06. The van der Waals surface area contributed by atoms with E-state index in [0.717, 1.165) is 40.6 Å². The molecule has 0 fully saturated rings. The van der Waals surface area contributed by atoms with Crippen LogP contribution in [0.2, 0.25) is 0 Å². The third-order valence-corrected chi connectivity index (χ3v) is 6.25. The molecule has 0 radical (unpaired) electrons. The quantitative estimate of drug-likeness (QED) is 0.528. The predicted molar refractivity (Wildman–Crippen MR) is 127 cm³/mol. The Kier molecular flexibility index (Phi) is 6.69. The number of thioether (sulfide) groups is 1. The lowest BCUT2D eigenvalue weighted by molar-refractivity contribution is -0.113. The third kappa shape index (κ3) is 4.91. The lowest BCUT2D eigenvalue weighted by Crippen LogP contribution is -2.15. The first-order valence-electron chi connectivity index (χ1n) is 10.8. The monoisotopic (exact) mass is 452 g/mol. The number of hydrogen-bond acceptors (Lipinski definition) is 6. The number of aromatic nitrogens is 3. The summed E-state index contributed by atoms with van der Waals surface area (Å²) < 4.78 is 13.6. The molecule has 1 N–H and O–H groups in total. The van der Waals surface area contributed by atoms with E-state index < -0.39 is 0 Å². The molecule has 4 rings (SSSR count). The van der Waals surface area contributed by atoms with Crippen molar-refractivity contribution in [3.05, 3.63) is 47.5 Å². The van der Waals surface area contributed by atoms with Crippen LogP contribution < -0.4 is 14.8 Å². The number of amides is 1. The van der Waals surface area contributed by atoms with E-state index >= 15 is 0 Å². The average molecular weight is 453 g/mol. The molecule has 0 bridgehead atoms. The van der Waals surface area contributed by atoms with Crippen LogP contribution in [0.4, 0.5) is 5.69 Å². The maximum absolute atomic E-state index is 12.5. The number of nitrogens with one attached hydrogen (secondary N) is 1. The zero-order chi connectivity index (χ0) is 22.7. The van der Waals surface area contributed by atoms with Gasteiger partial charge in [0, 0.05) is 23.7 Å². The topological polar surface area (TPSA) is 78.3 Å². The Hall–Kier alpha value is -3.00. The van der Waals surface area contributed by atoms with E-state index in [-0.39, 0.29) is 17.7 Å². The van der Waals surface area contributed by atoms with Crippen molar-refractivity contribution in [1.82, 2.24) is 14.8 Å². The molecular formula is C24H28N4O3S. The van der Waals surface area contributed by atoms with Crippen LogP contribution in [0.3, 0.4) is 0 Å². The molecule has 0 atom stereocenters. The van der Waals surface area contributed by atoms with E-state index in [2.05, 4.69) is 36.3 Å². The van der Waals surface area contributed by atoms with Gasteiger partial charge in [0.1, 0.15) is 0 Å². The van der Waals surface area contributed by atoms with Crippen molar-refractivity contribution in [2.24, 2.45) is 0 Å². The summed E-state index contributed by atoms with van der Waals surface area (Å²) in [6, 6.07) is 11.9. The smallest absolute Gasteiger partial charge is 0.234 e. The first-order valence-corrected chi connectivity index (χ1v) is 11.8. The van der Waals surface area contributed by atoms with Crippen LogP contribution in [-0.4, -0.2) is 39.6 Å². The Bertz CT molecular complexity index is 1130. The molecule has 32 heavy (non-hydrogen) atoms. The van der Waals surface area contributed by atoms with E-state index in [0.29, 0.717) is 18.4 Å². The number of ether oxygens (including phenoxy) is 2. The maximum atomic E-state index is 12.5. The molecule has 8 heteroatoms. The van der Waals surface area contributed by atoms with Gasteiger partial charge < -0.3 is 14.8 Å². The van der Waals surface area contributed by atoms with Crippen LogP contribution in [-0.2, 0) is 4.79 Å². The molecule has 2 aromatic carbocycles. The Morgan fingerprint density at radius 3 is 2.59 bits per heavy atom. The number of anilines is 1. The van der Waals surface area contributed by atoms with E-state index in [9.17, 15) is 4.79 Å². The fraction of sp³-hybridized carbons (Fsp3) is 0.375. The van der Waals surface area contributed by atoms with Crippen molar-refractivity contribution in [2.75, 3.05) is 24.3 Å². The minimum absolute atomic E-state index is 0.0753. The van der Waals surface area contributed by atoms with E-state index in [1.165, 1.54) is 17.3 Å². The SMILES string of the molecule is Cc1ccc(NC(=O)CSc2nnc(-c3ccc4c(c3)OCCCO4)n2C(C)C)cc1C. The van der Waals surface area contributed by atoms with E-state index in [1.807, 2.05) is 47.9 Å². The summed E-state index contributed by atoms with van der Waals surface area (Å²) in [4.78, 5) is 12.5. The number of rotatable bonds is 6. The number of benzene rings is 2. The molecular weight excluding hydrogens is 424 g/mol. The van der Waals surface area contributed by atoms with Gasteiger partial charge in [-0.1, -0.05) is 17.8 Å². The van der Waals surface area contributed by atoms with Crippen LogP contribution in [0.5, 0.6) is 11.5 Å². The van der Waals surface area contributed by atoms with Gasteiger partial charge in [0.05, 0.1) is 19.0 Å². The van der Waals surface area contributed by atoms with Crippen molar-refractivity contribution in [2.45, 2.75) is 45.3 Å². The number of hydrogen-bond donors (Lipinski definition) is 1. The number of carbonyl (C=O) groups excluding carboxylic acids is 1. The summed E-state index contributed by atoms with van der Waals surface area (Å²) in [5.41, 5.74) is 4.05. The lowest BCUT2D eigenvalue weighted by Gasteiger charge is -2.15. The summed E-state index contributed by atoms with van der Waals surface area (Å²) in [6.45, 7) is 9.52. The van der Waals surface area contributed by atoms with E-state index in [1.54, 1.807) is 0 Å². The van der Waals surface area contributed by atoms with E-state index in [4.69, 9.17) is 9.47 Å². The van der Waals surface area contributed by atoms with Crippen LogP contribution >= 0.6 is 11.8 Å². The van der Waals surface area contributed by atoms with Crippen molar-refractivity contribution in [1.29, 1.82) is 0 Å². The molecule has 0 saturated carbocycles. The molecule has 3 aromatic rings. The van der Waals surface area contributed by atoms with Crippen LogP contribution in [0.1, 0.15) is 37.4 Å². The fourth-order valence-corrected chi connectivity index (χ4v) is 4.35. The van der Waals surface area contributed by atoms with Crippen molar-refractivity contribution >= 4 is 23.4 Å². The Balaban J connectivity index is 1.50. The summed E-state index contributed by atoms with van der Waals surface area (Å²) in [7, 11) is 0. The van der Waals surface area contributed by atoms with Crippen LogP contribution in [0.25, 0.3) is 11.4 Å². The highest BCUT2D eigenvalue weighted by Gasteiger charge is 2.20. The molecule has 168 valence electrons. The zero-order valence-electron chi connectivity index (χ0n) is 18.8. The van der Waals surface area contributed by atoms with Gasteiger partial charge in [-0.25, -0.2) is 0 Å². The maximum Gasteiger partial charge on any atom is 0.234 e. The zero-order valence-corrected chi connectivity index (χ0v) is 19.7. The first kappa shape index (κ1) is 22.2. The summed E-state index contributed by atoms with van der Waals surface area (Å²) >= 11 is 1.38. The van der Waals surface area contributed by atoms with Crippen molar-refractivity contribution in [3.63, 3.8) is 0 Å². The van der Waals surface area contributed by atoms with Crippen LogP contribution in [0.15, 0.2) is 41.6 Å². The molecule has 0 unspecified atom stereocenters. The molecule has 0 saturated heterocycles. The van der Waals surface area contributed by atoms with Gasteiger partial charge in [-0.15, -0.1) is 10.2 Å². The molecule has 0 spiro atoms. The van der Waals surface area contributed by atoms with Crippen LogP contribution in [0, 0.1) is 13.8 Å². The highest BCUT2D eigenvalue weighted by Crippen LogP contribution is 2.35. The molecule has 1 aromatic heterocycles. The average Bonchev–Trinajstić information content (AvgIpc) is 3.05. The molecule has 1 amide bonds. The second-order valence-electron chi connectivity index (χ2n) is 8.12. The van der Waals surface area contributed by atoms with Gasteiger partial charge in [-0.3, -0.25) is 9.36 Å². The lowest BCUT2D eigenvalue weighted by atomic mass is 10.1. The number of carbonyl (C=O) groups is 1. The summed E-state index contributed by atoms with van der Waals surface area (Å²) in [6.07, 6.45) is 0.858. The second kappa shape index (κ2) is 9.65. The molecule has 7 nitrogen and oxygen atoms in total. The predicted octanol–water partition coefficient (Wildman–Crippen LogP) is 5.03. The first-order chi connectivity index (χ1) is 15.4. The number of nitrogens with zero attached hydrogens (tertiary/aromatic N) is 3. The fourth-order valence-electron chi connectivity index (χ4n) is 3.49. The largest absolute Gasteiger partial charge is 0.490 e. The molecule has 0 aliphatic carbocycles. The standard InChI is InChI=1S/C24H28N4O3S/c1-15(2)28-23(18-7-9-20-21(13-18)31-11-5-10-30-20)26-27-24(28)32-14-22(29)25-19-8-6-16(3)17(4)12-19/h6-9,12-13,15H,5,10-11,14H2,1-4H3,(H,25,29). The molecule has 1 aliphatic rings. The van der Waals surface area contributed by atoms with Gasteiger partial charge in [-0.05, 0) is 69.2 Å². The Labute approximate surface area is 192 Å². The van der Waals surface area contributed by atoms with Crippen molar-refractivity contribution < 1.29 is 14.3 Å². The van der Waals surface area contributed by atoms with Gasteiger partial charge in [0.2, 0.25) is 5.91 Å². The highest BCUT2D eigenvalue weighted by atomic mass is 32.2. The van der Waals surface area contributed by atoms with Gasteiger partial charge in [-0.2, -0.15) is 0 Å². The minimum Gasteiger partial charge on any atom is -0.490 e. The van der Waals surface area contributed by atoms with Crippen molar-refractivity contribution in [3.8, 4) is 22.9 Å². The summed E-state index contributed by atoms with van der Waals surface area (Å²) in [5, 5.41) is 12.5. The normalized spacial score (nSPS) is 13.2. The third-order valence-electron chi connectivity index (χ3n) is 5.31. The minimum atomic E-state index is -0.0753. The van der Waals surface area contributed by atoms with Gasteiger partial charge in [0.15, 0.2) is 22.5 Å². The Morgan fingerprint density at radius 2 is 1.84 bits per heavy atom.